The first-order chi connectivity index (χ1) is 13.3. The zero-order valence-corrected chi connectivity index (χ0v) is 15.4. The van der Waals surface area contributed by atoms with Gasteiger partial charge in [0.25, 0.3) is 0 Å². The number of halogens is 1. The van der Waals surface area contributed by atoms with E-state index in [4.69, 9.17) is 9.47 Å². The van der Waals surface area contributed by atoms with Gasteiger partial charge in [-0.15, -0.1) is 0 Å². The molecule has 1 heterocycles. The summed E-state index contributed by atoms with van der Waals surface area (Å²) in [6, 6.07) is 7.08. The number of rotatable bonds is 6. The Hall–Kier alpha value is -3.62. The Morgan fingerprint density at radius 1 is 1.18 bits per heavy atom. The number of carbonyl (C=O) groups excluding carboxylic acids is 1. The highest BCUT2D eigenvalue weighted by Crippen LogP contribution is 2.42. The molecule has 0 fully saturated rings. The highest BCUT2D eigenvalue weighted by Gasteiger charge is 2.25. The quantitative estimate of drug-likeness (QED) is 0.388. The fourth-order valence-electron chi connectivity index (χ4n) is 2.88. The summed E-state index contributed by atoms with van der Waals surface area (Å²) in [6.07, 6.45) is 0.0243. The predicted octanol–water partition coefficient (Wildman–Crippen LogP) is 4.04. The Morgan fingerprint density at radius 3 is 2.57 bits per heavy atom. The second-order valence-corrected chi connectivity index (χ2v) is 6.04. The highest BCUT2D eigenvalue weighted by atomic mass is 19.1. The molecule has 0 spiro atoms. The molecule has 0 saturated heterocycles. The van der Waals surface area contributed by atoms with Crippen LogP contribution in [-0.4, -0.2) is 30.1 Å². The zero-order valence-electron chi connectivity index (χ0n) is 15.4. The number of nitrogens with one attached hydrogen (secondary N) is 1. The smallest absolute Gasteiger partial charge is 0.321 e. The molecule has 0 amide bonds. The van der Waals surface area contributed by atoms with Crippen LogP contribution < -0.4 is 9.47 Å². The summed E-state index contributed by atoms with van der Waals surface area (Å²) >= 11 is 0. The number of aryl methyl sites for hydroxylation is 1. The van der Waals surface area contributed by atoms with E-state index in [1.54, 1.807) is 19.1 Å². The molecular formula is C19H17FN2O6. The average molecular weight is 388 g/mol. The van der Waals surface area contributed by atoms with E-state index in [-0.39, 0.29) is 40.3 Å². The van der Waals surface area contributed by atoms with E-state index < -0.39 is 16.7 Å². The van der Waals surface area contributed by atoms with Crippen molar-refractivity contribution in [3.8, 4) is 17.2 Å². The fourth-order valence-corrected chi connectivity index (χ4v) is 2.88. The lowest BCUT2D eigenvalue weighted by Gasteiger charge is -2.12. The van der Waals surface area contributed by atoms with Gasteiger partial charge >= 0.3 is 11.7 Å². The molecular weight excluding hydrogens is 371 g/mol. The third-order valence-electron chi connectivity index (χ3n) is 4.14. The van der Waals surface area contributed by atoms with Crippen LogP contribution in [0.1, 0.15) is 11.3 Å². The van der Waals surface area contributed by atoms with Gasteiger partial charge in [0.15, 0.2) is 17.3 Å². The second kappa shape index (κ2) is 7.55. The van der Waals surface area contributed by atoms with Gasteiger partial charge in [0.05, 0.1) is 36.5 Å². The largest absolute Gasteiger partial charge is 0.493 e. The zero-order chi connectivity index (χ0) is 20.4. The summed E-state index contributed by atoms with van der Waals surface area (Å²) in [5.41, 5.74) is 0.866. The Kier molecular flexibility index (Phi) is 5.16. The Morgan fingerprint density at radius 2 is 1.93 bits per heavy atom. The predicted molar refractivity (Wildman–Crippen MR) is 98.4 cm³/mol. The van der Waals surface area contributed by atoms with Crippen molar-refractivity contribution in [1.29, 1.82) is 0 Å². The minimum absolute atomic E-state index is 0.0243. The maximum absolute atomic E-state index is 14.4. The van der Waals surface area contributed by atoms with Crippen molar-refractivity contribution in [2.75, 3.05) is 14.2 Å². The van der Waals surface area contributed by atoms with Crippen LogP contribution in [0.15, 0.2) is 30.3 Å². The number of nitrogens with zero attached hydrogens (tertiary/aromatic N) is 1. The number of hydrogen-bond donors (Lipinski definition) is 1. The van der Waals surface area contributed by atoms with Gasteiger partial charge in [0.2, 0.25) is 5.75 Å². The van der Waals surface area contributed by atoms with Crippen LogP contribution in [0.2, 0.25) is 0 Å². The lowest BCUT2D eigenvalue weighted by atomic mass is 10.1. The minimum Gasteiger partial charge on any atom is -0.493 e. The maximum Gasteiger partial charge on any atom is 0.321 e. The second-order valence-electron chi connectivity index (χ2n) is 6.04. The van der Waals surface area contributed by atoms with Crippen molar-refractivity contribution in [3.05, 3.63) is 57.5 Å². The van der Waals surface area contributed by atoms with E-state index in [0.29, 0.717) is 11.3 Å². The Bertz CT molecular complexity index is 1080. The van der Waals surface area contributed by atoms with Crippen LogP contribution in [0.4, 0.5) is 10.1 Å². The fraction of sp³-hybridized carbons (Fsp3) is 0.211. The first kappa shape index (κ1) is 19.2. The van der Waals surface area contributed by atoms with Crippen LogP contribution in [0.3, 0.4) is 0 Å². The maximum atomic E-state index is 14.4. The van der Waals surface area contributed by atoms with Gasteiger partial charge in [-0.2, -0.15) is 0 Å². The number of carbonyl (C=O) groups is 1. The molecule has 0 atom stereocenters. The molecule has 0 unspecified atom stereocenters. The van der Waals surface area contributed by atoms with Crippen LogP contribution in [0.5, 0.6) is 17.2 Å². The Balaban J connectivity index is 2.06. The van der Waals surface area contributed by atoms with E-state index in [0.717, 1.165) is 6.07 Å². The summed E-state index contributed by atoms with van der Waals surface area (Å²) < 4.78 is 29.9. The average Bonchev–Trinajstić information content (AvgIpc) is 3.04. The molecule has 1 aromatic heterocycles. The van der Waals surface area contributed by atoms with E-state index >= 15 is 0 Å². The minimum atomic E-state index is -0.676. The third kappa shape index (κ3) is 3.59. The standard InChI is InChI=1S/C19H17FN2O6/c1-10-6-12-18(21-10)13(20)9-16(19(12)22(24)25)28-14-5-4-11(7-15(14)26-2)8-17(23)27-3/h4-7,9,21H,8H2,1-3H3. The Labute approximate surface area is 159 Å². The molecule has 1 N–H and O–H groups in total. The molecule has 0 aliphatic rings. The molecule has 9 heteroatoms. The van der Waals surface area contributed by atoms with Crippen molar-refractivity contribution in [1.82, 2.24) is 4.98 Å². The van der Waals surface area contributed by atoms with Gasteiger partial charge in [-0.3, -0.25) is 14.9 Å². The van der Waals surface area contributed by atoms with Gasteiger partial charge in [-0.05, 0) is 30.7 Å². The molecule has 146 valence electrons. The van der Waals surface area contributed by atoms with Crippen LogP contribution in [-0.2, 0) is 16.0 Å². The summed E-state index contributed by atoms with van der Waals surface area (Å²) in [5, 5.41) is 11.7. The number of benzene rings is 2. The number of fused-ring (bicyclic) bond motifs is 1. The van der Waals surface area contributed by atoms with Crippen LogP contribution in [0.25, 0.3) is 10.9 Å². The molecule has 0 radical (unpaired) electrons. The number of aromatic nitrogens is 1. The SMILES string of the molecule is COC(=O)Cc1ccc(Oc2cc(F)c3[nH]c(C)cc3c2[N+](=O)[O-])c(OC)c1. The number of H-pyrrole nitrogens is 1. The van der Waals surface area contributed by atoms with Crippen LogP contribution >= 0.6 is 0 Å². The van der Waals surface area contributed by atoms with Crippen molar-refractivity contribution in [3.63, 3.8) is 0 Å². The molecule has 0 saturated carbocycles. The van der Waals surface area contributed by atoms with Crippen molar-refractivity contribution >= 4 is 22.6 Å². The molecule has 3 rings (SSSR count). The van der Waals surface area contributed by atoms with Gasteiger partial charge in [0, 0.05) is 11.8 Å². The molecule has 28 heavy (non-hydrogen) atoms. The summed E-state index contributed by atoms with van der Waals surface area (Å²) in [5.74, 6) is -0.980. The van der Waals surface area contributed by atoms with Crippen molar-refractivity contribution in [2.24, 2.45) is 0 Å². The lowest BCUT2D eigenvalue weighted by Crippen LogP contribution is -2.04. The lowest BCUT2D eigenvalue weighted by molar-refractivity contribution is -0.383. The molecule has 8 nitrogen and oxygen atoms in total. The van der Waals surface area contributed by atoms with Crippen molar-refractivity contribution < 1.29 is 28.3 Å². The van der Waals surface area contributed by atoms with E-state index in [2.05, 4.69) is 9.72 Å². The highest BCUT2D eigenvalue weighted by molar-refractivity contribution is 5.93. The third-order valence-corrected chi connectivity index (χ3v) is 4.14. The topological polar surface area (TPSA) is 104 Å². The monoisotopic (exact) mass is 388 g/mol. The van der Waals surface area contributed by atoms with Gasteiger partial charge in [-0.25, -0.2) is 4.39 Å². The molecule has 0 aliphatic carbocycles. The van der Waals surface area contributed by atoms with Crippen LogP contribution in [0, 0.1) is 22.9 Å². The number of esters is 1. The van der Waals surface area contributed by atoms with Crippen molar-refractivity contribution in [2.45, 2.75) is 13.3 Å². The molecule has 3 aromatic rings. The van der Waals surface area contributed by atoms with Gasteiger partial charge < -0.3 is 19.2 Å². The first-order valence-electron chi connectivity index (χ1n) is 8.21. The molecule has 0 bridgehead atoms. The number of nitro benzene ring substituents is 1. The number of nitro groups is 1. The summed E-state index contributed by atoms with van der Waals surface area (Å²) in [7, 11) is 2.67. The van der Waals surface area contributed by atoms with E-state index in [9.17, 15) is 19.3 Å². The van der Waals surface area contributed by atoms with E-state index in [1.807, 2.05) is 0 Å². The first-order valence-corrected chi connectivity index (χ1v) is 8.21. The summed E-state index contributed by atoms with van der Waals surface area (Å²) in [4.78, 5) is 25.2. The normalized spacial score (nSPS) is 10.7. The molecule has 0 aliphatic heterocycles. The van der Waals surface area contributed by atoms with Gasteiger partial charge in [0.1, 0.15) is 0 Å². The number of ether oxygens (including phenoxy) is 3. The number of hydrogen-bond acceptors (Lipinski definition) is 6. The van der Waals surface area contributed by atoms with E-state index in [1.165, 1.54) is 26.4 Å². The van der Waals surface area contributed by atoms with Gasteiger partial charge in [-0.1, -0.05) is 6.07 Å². The summed E-state index contributed by atoms with van der Waals surface area (Å²) in [6.45, 7) is 1.67. The number of aromatic amines is 1. The molecule has 2 aromatic carbocycles. The number of methoxy groups -OCH3 is 2.